The second kappa shape index (κ2) is 5.47. The van der Waals surface area contributed by atoms with Crippen LogP contribution in [0.5, 0.6) is 0 Å². The van der Waals surface area contributed by atoms with E-state index in [-0.39, 0.29) is 18.4 Å². The number of carbonyl (C=O) groups excluding carboxylic acids is 2. The van der Waals surface area contributed by atoms with Crippen molar-refractivity contribution in [3.05, 3.63) is 17.5 Å². The molecule has 1 heterocycles. The van der Waals surface area contributed by atoms with Crippen LogP contribution in [0.2, 0.25) is 0 Å². The minimum atomic E-state index is -0.172. The maximum absolute atomic E-state index is 12.1. The number of aryl methyl sites for hydroxylation is 1. The number of likely N-dealkylation sites (N-methyl/N-ethyl adjacent to an activating group) is 2. The monoisotopic (exact) mass is 238 g/mol. The van der Waals surface area contributed by atoms with E-state index >= 15 is 0 Å². The lowest BCUT2D eigenvalue weighted by Gasteiger charge is -2.21. The van der Waals surface area contributed by atoms with Crippen molar-refractivity contribution in [1.82, 2.24) is 20.0 Å². The van der Waals surface area contributed by atoms with Crippen molar-refractivity contribution in [2.75, 3.05) is 27.2 Å². The fourth-order valence-corrected chi connectivity index (χ4v) is 1.37. The molecule has 6 heteroatoms. The third kappa shape index (κ3) is 3.05. The number of rotatable bonds is 4. The van der Waals surface area contributed by atoms with Gasteiger partial charge in [-0.2, -0.15) is 5.10 Å². The van der Waals surface area contributed by atoms with Crippen LogP contribution in [0, 0.1) is 6.92 Å². The molecule has 1 aromatic heterocycles. The van der Waals surface area contributed by atoms with Crippen LogP contribution >= 0.6 is 0 Å². The summed E-state index contributed by atoms with van der Waals surface area (Å²) in [4.78, 5) is 26.7. The van der Waals surface area contributed by atoms with Crippen molar-refractivity contribution < 1.29 is 9.59 Å². The lowest BCUT2D eigenvalue weighted by molar-refractivity contribution is -0.129. The molecular formula is C11H18N4O2. The van der Waals surface area contributed by atoms with Crippen LogP contribution in [0.25, 0.3) is 0 Å². The van der Waals surface area contributed by atoms with Gasteiger partial charge in [-0.15, -0.1) is 0 Å². The van der Waals surface area contributed by atoms with E-state index < -0.39 is 0 Å². The fourth-order valence-electron chi connectivity index (χ4n) is 1.37. The van der Waals surface area contributed by atoms with Gasteiger partial charge in [0.05, 0.1) is 18.3 Å². The molecule has 1 N–H and O–H groups in total. The summed E-state index contributed by atoms with van der Waals surface area (Å²) >= 11 is 0. The van der Waals surface area contributed by atoms with Crippen LogP contribution in [0.1, 0.15) is 23.0 Å². The Morgan fingerprint density at radius 1 is 1.41 bits per heavy atom. The van der Waals surface area contributed by atoms with E-state index in [1.165, 1.54) is 16.0 Å². The quantitative estimate of drug-likeness (QED) is 0.818. The lowest BCUT2D eigenvalue weighted by Crippen LogP contribution is -2.40. The highest BCUT2D eigenvalue weighted by Gasteiger charge is 2.20. The first-order chi connectivity index (χ1) is 7.97. The molecule has 0 spiro atoms. The van der Waals surface area contributed by atoms with Gasteiger partial charge in [0.2, 0.25) is 5.91 Å². The molecule has 0 atom stereocenters. The molecule has 0 aliphatic carbocycles. The molecule has 0 fully saturated rings. The zero-order chi connectivity index (χ0) is 13.0. The second-order valence-electron chi connectivity index (χ2n) is 4.02. The predicted octanol–water partition coefficient (Wildman–Crippen LogP) is 0.268. The van der Waals surface area contributed by atoms with Crippen LogP contribution in [0.15, 0.2) is 6.20 Å². The Bertz CT molecular complexity index is 411. The summed E-state index contributed by atoms with van der Waals surface area (Å²) in [6.07, 6.45) is 1.49. The van der Waals surface area contributed by atoms with E-state index in [4.69, 9.17) is 0 Å². The average molecular weight is 238 g/mol. The van der Waals surface area contributed by atoms with Crippen molar-refractivity contribution in [2.45, 2.75) is 13.8 Å². The molecule has 6 nitrogen and oxygen atoms in total. The number of aromatic amines is 1. The number of hydrogen-bond acceptors (Lipinski definition) is 3. The molecule has 94 valence electrons. The molecule has 0 saturated heterocycles. The van der Waals surface area contributed by atoms with Gasteiger partial charge in [0.25, 0.3) is 5.91 Å². The first-order valence-electron chi connectivity index (χ1n) is 5.46. The summed E-state index contributed by atoms with van der Waals surface area (Å²) < 4.78 is 0. The largest absolute Gasteiger partial charge is 0.347 e. The highest BCUT2D eigenvalue weighted by molar-refractivity contribution is 5.97. The second-order valence-corrected chi connectivity index (χ2v) is 4.02. The first-order valence-corrected chi connectivity index (χ1v) is 5.46. The SMILES string of the molecule is CCN(CC(=O)N(C)C)C(=O)c1cn[nH]c1C. The van der Waals surface area contributed by atoms with Gasteiger partial charge in [-0.05, 0) is 13.8 Å². The summed E-state index contributed by atoms with van der Waals surface area (Å²) in [6.45, 7) is 4.20. The molecule has 0 bridgehead atoms. The highest BCUT2D eigenvalue weighted by atomic mass is 16.2. The molecule has 0 aromatic carbocycles. The lowest BCUT2D eigenvalue weighted by atomic mass is 10.2. The van der Waals surface area contributed by atoms with Crippen LogP contribution in [0.4, 0.5) is 0 Å². The Morgan fingerprint density at radius 2 is 2.06 bits per heavy atom. The first kappa shape index (κ1) is 13.2. The molecule has 0 aliphatic rings. The summed E-state index contributed by atoms with van der Waals surface area (Å²) in [5.74, 6) is -0.268. The Balaban J connectivity index is 2.78. The molecule has 17 heavy (non-hydrogen) atoms. The van der Waals surface area contributed by atoms with E-state index in [2.05, 4.69) is 10.2 Å². The number of nitrogens with one attached hydrogen (secondary N) is 1. The van der Waals surface area contributed by atoms with Crippen LogP contribution in [0.3, 0.4) is 0 Å². The topological polar surface area (TPSA) is 69.3 Å². The van der Waals surface area contributed by atoms with Gasteiger partial charge in [0.1, 0.15) is 0 Å². The molecule has 0 radical (unpaired) electrons. The summed E-state index contributed by atoms with van der Waals surface area (Å²) in [5.41, 5.74) is 1.23. The summed E-state index contributed by atoms with van der Waals surface area (Å²) in [7, 11) is 3.34. The van der Waals surface area contributed by atoms with Gasteiger partial charge in [0.15, 0.2) is 0 Å². The zero-order valence-electron chi connectivity index (χ0n) is 10.6. The predicted molar refractivity (Wildman–Crippen MR) is 63.6 cm³/mol. The van der Waals surface area contributed by atoms with Crippen molar-refractivity contribution >= 4 is 11.8 Å². The number of carbonyl (C=O) groups is 2. The number of hydrogen-bond donors (Lipinski definition) is 1. The van der Waals surface area contributed by atoms with E-state index in [1.807, 2.05) is 6.92 Å². The molecular weight excluding hydrogens is 220 g/mol. The maximum atomic E-state index is 12.1. The van der Waals surface area contributed by atoms with Gasteiger partial charge in [-0.3, -0.25) is 14.7 Å². The van der Waals surface area contributed by atoms with Crippen molar-refractivity contribution in [1.29, 1.82) is 0 Å². The molecule has 1 rings (SSSR count). The third-order valence-corrected chi connectivity index (χ3v) is 2.55. The smallest absolute Gasteiger partial charge is 0.257 e. The van der Waals surface area contributed by atoms with E-state index in [9.17, 15) is 9.59 Å². The number of nitrogens with zero attached hydrogens (tertiary/aromatic N) is 3. The maximum Gasteiger partial charge on any atom is 0.257 e. The van der Waals surface area contributed by atoms with Crippen molar-refractivity contribution in [3.63, 3.8) is 0 Å². The van der Waals surface area contributed by atoms with Crippen LogP contribution < -0.4 is 0 Å². The Hall–Kier alpha value is -1.85. The van der Waals surface area contributed by atoms with Crippen LogP contribution in [-0.4, -0.2) is 59.0 Å². The molecule has 0 aliphatic heterocycles. The fraction of sp³-hybridized carbons (Fsp3) is 0.545. The van der Waals surface area contributed by atoms with Gasteiger partial charge in [-0.1, -0.05) is 0 Å². The standard InChI is InChI=1S/C11H18N4O2/c1-5-15(7-10(16)14(3)4)11(17)9-6-12-13-8(9)2/h6H,5,7H2,1-4H3,(H,12,13). The van der Waals surface area contributed by atoms with Gasteiger partial charge >= 0.3 is 0 Å². The Kier molecular flexibility index (Phi) is 4.25. The Morgan fingerprint density at radius 3 is 2.47 bits per heavy atom. The summed E-state index contributed by atoms with van der Waals surface area (Å²) in [5, 5.41) is 6.52. The number of amides is 2. The minimum Gasteiger partial charge on any atom is -0.347 e. The van der Waals surface area contributed by atoms with Crippen molar-refractivity contribution in [3.8, 4) is 0 Å². The molecule has 0 unspecified atom stereocenters. The Labute approximate surface area is 101 Å². The normalized spacial score (nSPS) is 10.1. The molecule has 1 aromatic rings. The van der Waals surface area contributed by atoms with Gasteiger partial charge in [0, 0.05) is 26.3 Å². The average Bonchev–Trinajstić information content (AvgIpc) is 2.70. The van der Waals surface area contributed by atoms with Crippen LogP contribution in [-0.2, 0) is 4.79 Å². The minimum absolute atomic E-state index is 0.0902. The van der Waals surface area contributed by atoms with Gasteiger partial charge < -0.3 is 9.80 Å². The molecule has 2 amide bonds. The number of H-pyrrole nitrogens is 1. The van der Waals surface area contributed by atoms with E-state index in [0.29, 0.717) is 17.8 Å². The third-order valence-electron chi connectivity index (χ3n) is 2.55. The van der Waals surface area contributed by atoms with E-state index in [0.717, 1.165) is 0 Å². The highest BCUT2D eigenvalue weighted by Crippen LogP contribution is 2.07. The molecule has 0 saturated carbocycles. The van der Waals surface area contributed by atoms with E-state index in [1.54, 1.807) is 21.0 Å². The zero-order valence-corrected chi connectivity index (χ0v) is 10.6. The van der Waals surface area contributed by atoms with Gasteiger partial charge in [-0.25, -0.2) is 0 Å². The number of aromatic nitrogens is 2. The van der Waals surface area contributed by atoms with Crippen molar-refractivity contribution in [2.24, 2.45) is 0 Å². The summed E-state index contributed by atoms with van der Waals surface area (Å²) in [6, 6.07) is 0.